The minimum absolute atomic E-state index is 0.0640. The van der Waals surface area contributed by atoms with Crippen molar-refractivity contribution in [3.05, 3.63) is 42.2 Å². The quantitative estimate of drug-likeness (QED) is 0.466. The van der Waals surface area contributed by atoms with Gasteiger partial charge in [-0.1, -0.05) is 12.2 Å². The molecule has 1 amide bonds. The van der Waals surface area contributed by atoms with Gasteiger partial charge in [0.1, 0.15) is 5.82 Å². The largest absolute Gasteiger partial charge is 0.356 e. The first-order valence-electron chi connectivity index (χ1n) is 5.98. The van der Waals surface area contributed by atoms with Crippen LogP contribution in [-0.4, -0.2) is 18.2 Å². The van der Waals surface area contributed by atoms with E-state index in [9.17, 15) is 9.18 Å². The van der Waals surface area contributed by atoms with Crippen LogP contribution in [0.25, 0.3) is 0 Å². The van der Waals surface area contributed by atoms with Crippen molar-refractivity contribution in [1.29, 1.82) is 0 Å². The maximum atomic E-state index is 12.7. The Morgan fingerprint density at radius 1 is 1.39 bits per heavy atom. The third-order valence-electron chi connectivity index (χ3n) is 2.28. The Kier molecular flexibility index (Phi) is 7.18. The summed E-state index contributed by atoms with van der Waals surface area (Å²) in [6.45, 7) is 2.64. The molecule has 1 rings (SSSR count). The number of nitrogens with one attached hydrogen (secondary N) is 1. The van der Waals surface area contributed by atoms with E-state index in [0.717, 1.165) is 11.3 Å². The number of carbonyl (C=O) groups excluding carboxylic acids is 1. The molecule has 1 N–H and O–H groups in total. The van der Waals surface area contributed by atoms with Crippen molar-refractivity contribution < 1.29 is 9.18 Å². The molecule has 0 saturated heterocycles. The summed E-state index contributed by atoms with van der Waals surface area (Å²) in [4.78, 5) is 12.4. The predicted octanol–water partition coefficient (Wildman–Crippen LogP) is 3.39. The molecule has 4 heteroatoms. The molecule has 0 saturated carbocycles. The lowest BCUT2D eigenvalue weighted by Gasteiger charge is -2.03. The molecule has 0 fully saturated rings. The van der Waals surface area contributed by atoms with Crippen LogP contribution < -0.4 is 5.32 Å². The molecule has 0 aliphatic carbocycles. The van der Waals surface area contributed by atoms with Crippen molar-refractivity contribution in [3.63, 3.8) is 0 Å². The van der Waals surface area contributed by atoms with E-state index in [4.69, 9.17) is 0 Å². The number of amides is 1. The second kappa shape index (κ2) is 8.75. The van der Waals surface area contributed by atoms with E-state index < -0.39 is 0 Å². The van der Waals surface area contributed by atoms with Crippen LogP contribution in [0.1, 0.15) is 19.8 Å². The summed E-state index contributed by atoms with van der Waals surface area (Å²) >= 11 is 1.56. The first kappa shape index (κ1) is 14.8. The fraction of sp³-hybridized carbons (Fsp3) is 0.357. The Labute approximate surface area is 112 Å². The van der Waals surface area contributed by atoms with E-state index in [0.29, 0.717) is 18.7 Å². The molecule has 18 heavy (non-hydrogen) atoms. The van der Waals surface area contributed by atoms with E-state index in [1.54, 1.807) is 23.9 Å². The van der Waals surface area contributed by atoms with Gasteiger partial charge in [-0.2, -0.15) is 0 Å². The summed E-state index contributed by atoms with van der Waals surface area (Å²) < 4.78 is 12.7. The summed E-state index contributed by atoms with van der Waals surface area (Å²) in [6.07, 6.45) is 5.34. The molecular weight excluding hydrogens is 249 g/mol. The van der Waals surface area contributed by atoms with Crippen LogP contribution in [0.3, 0.4) is 0 Å². The lowest BCUT2D eigenvalue weighted by molar-refractivity contribution is -0.120. The SMILES string of the molecule is C/C=C/CCNC(=O)CCSc1ccc(F)cc1. The van der Waals surface area contributed by atoms with Crippen LogP contribution >= 0.6 is 11.8 Å². The Morgan fingerprint density at radius 2 is 2.11 bits per heavy atom. The maximum Gasteiger partial charge on any atom is 0.220 e. The summed E-state index contributed by atoms with van der Waals surface area (Å²) in [6, 6.07) is 6.31. The lowest BCUT2D eigenvalue weighted by Crippen LogP contribution is -2.24. The van der Waals surface area contributed by atoms with E-state index in [2.05, 4.69) is 5.32 Å². The molecule has 0 atom stereocenters. The highest BCUT2D eigenvalue weighted by Crippen LogP contribution is 2.18. The van der Waals surface area contributed by atoms with Gasteiger partial charge in [0.25, 0.3) is 0 Å². The molecule has 0 bridgehead atoms. The molecule has 0 aliphatic rings. The van der Waals surface area contributed by atoms with Gasteiger partial charge in [-0.3, -0.25) is 4.79 Å². The number of benzene rings is 1. The summed E-state index contributed by atoms with van der Waals surface area (Å²) in [7, 11) is 0. The molecule has 1 aromatic rings. The minimum Gasteiger partial charge on any atom is -0.356 e. The Balaban J connectivity index is 2.13. The molecule has 1 aromatic carbocycles. The zero-order valence-electron chi connectivity index (χ0n) is 10.5. The number of allylic oxidation sites excluding steroid dienone is 1. The average Bonchev–Trinajstić information content (AvgIpc) is 2.37. The molecule has 0 unspecified atom stereocenters. The Bertz CT molecular complexity index is 389. The summed E-state index contributed by atoms with van der Waals surface area (Å²) in [5.41, 5.74) is 0. The highest BCUT2D eigenvalue weighted by molar-refractivity contribution is 7.99. The number of thioether (sulfide) groups is 1. The van der Waals surface area contributed by atoms with Crippen molar-refractivity contribution >= 4 is 17.7 Å². The second-order valence-corrected chi connectivity index (χ2v) is 4.93. The van der Waals surface area contributed by atoms with E-state index in [1.165, 1.54) is 12.1 Å². The van der Waals surface area contributed by atoms with Gasteiger partial charge in [0.15, 0.2) is 0 Å². The number of rotatable bonds is 7. The molecule has 0 radical (unpaired) electrons. The van der Waals surface area contributed by atoms with Crippen molar-refractivity contribution in [2.24, 2.45) is 0 Å². The smallest absolute Gasteiger partial charge is 0.220 e. The number of carbonyl (C=O) groups is 1. The first-order valence-corrected chi connectivity index (χ1v) is 6.97. The van der Waals surface area contributed by atoms with Gasteiger partial charge >= 0.3 is 0 Å². The summed E-state index contributed by atoms with van der Waals surface area (Å²) in [5.74, 6) is 0.538. The van der Waals surface area contributed by atoms with Crippen molar-refractivity contribution in [3.8, 4) is 0 Å². The van der Waals surface area contributed by atoms with Crippen LogP contribution in [-0.2, 0) is 4.79 Å². The third kappa shape index (κ3) is 6.45. The van der Waals surface area contributed by atoms with Gasteiger partial charge in [-0.15, -0.1) is 11.8 Å². The van der Waals surface area contributed by atoms with Gasteiger partial charge in [0.2, 0.25) is 5.91 Å². The molecule has 98 valence electrons. The lowest BCUT2D eigenvalue weighted by atomic mass is 10.3. The van der Waals surface area contributed by atoms with Gasteiger partial charge in [-0.25, -0.2) is 4.39 Å². The molecule has 0 heterocycles. The summed E-state index contributed by atoms with van der Waals surface area (Å²) in [5, 5.41) is 2.85. The van der Waals surface area contributed by atoms with Gasteiger partial charge in [0.05, 0.1) is 0 Å². The van der Waals surface area contributed by atoms with Crippen LogP contribution in [0.5, 0.6) is 0 Å². The topological polar surface area (TPSA) is 29.1 Å². The van der Waals surface area contributed by atoms with Gasteiger partial charge in [0, 0.05) is 23.6 Å². The fourth-order valence-corrected chi connectivity index (χ4v) is 2.19. The van der Waals surface area contributed by atoms with Crippen LogP contribution in [0.4, 0.5) is 4.39 Å². The molecule has 0 spiro atoms. The second-order valence-electron chi connectivity index (χ2n) is 3.76. The minimum atomic E-state index is -0.235. The zero-order chi connectivity index (χ0) is 13.2. The van der Waals surface area contributed by atoms with Gasteiger partial charge in [-0.05, 0) is 37.6 Å². The van der Waals surface area contributed by atoms with Gasteiger partial charge < -0.3 is 5.32 Å². The predicted molar refractivity (Wildman–Crippen MR) is 74.2 cm³/mol. The van der Waals surface area contributed by atoms with E-state index in [-0.39, 0.29) is 11.7 Å². The van der Waals surface area contributed by atoms with Crippen LogP contribution in [0, 0.1) is 5.82 Å². The Morgan fingerprint density at radius 3 is 2.78 bits per heavy atom. The Hall–Kier alpha value is -1.29. The van der Waals surface area contributed by atoms with Crippen molar-refractivity contribution in [2.75, 3.05) is 12.3 Å². The number of hydrogen-bond donors (Lipinski definition) is 1. The first-order chi connectivity index (χ1) is 8.72. The molecular formula is C14H18FNOS. The van der Waals surface area contributed by atoms with Crippen LogP contribution in [0.15, 0.2) is 41.3 Å². The van der Waals surface area contributed by atoms with Crippen molar-refractivity contribution in [1.82, 2.24) is 5.32 Å². The average molecular weight is 267 g/mol. The van der Waals surface area contributed by atoms with Crippen LogP contribution in [0.2, 0.25) is 0 Å². The molecule has 2 nitrogen and oxygen atoms in total. The number of halogens is 1. The van der Waals surface area contributed by atoms with E-state index in [1.807, 2.05) is 19.1 Å². The normalized spacial score (nSPS) is 10.8. The third-order valence-corrected chi connectivity index (χ3v) is 3.29. The molecule has 0 aliphatic heterocycles. The molecule has 0 aromatic heterocycles. The van der Waals surface area contributed by atoms with E-state index >= 15 is 0 Å². The standard InChI is InChI=1S/C14H18FNOS/c1-2-3-4-10-16-14(17)9-11-18-13-7-5-12(15)6-8-13/h2-3,5-8H,4,9-11H2,1H3,(H,16,17)/b3-2+. The zero-order valence-corrected chi connectivity index (χ0v) is 11.3. The maximum absolute atomic E-state index is 12.7. The fourth-order valence-electron chi connectivity index (χ4n) is 1.34. The highest BCUT2D eigenvalue weighted by atomic mass is 32.2. The number of hydrogen-bond acceptors (Lipinski definition) is 2. The highest BCUT2D eigenvalue weighted by Gasteiger charge is 2.01. The van der Waals surface area contributed by atoms with Crippen molar-refractivity contribution in [2.45, 2.75) is 24.7 Å². The monoisotopic (exact) mass is 267 g/mol.